The maximum absolute atomic E-state index is 12.7. The first kappa shape index (κ1) is 8.91. The summed E-state index contributed by atoms with van der Waals surface area (Å²) >= 11 is 0. The van der Waals surface area contributed by atoms with Crippen molar-refractivity contribution in [2.75, 3.05) is 0 Å². The number of aliphatic hydroxyl groups is 1. The summed E-state index contributed by atoms with van der Waals surface area (Å²) in [6.45, 7) is 4.06. The molecule has 3 unspecified atom stereocenters. The van der Waals surface area contributed by atoms with Crippen LogP contribution in [0.5, 0.6) is 0 Å². The van der Waals surface area contributed by atoms with Gasteiger partial charge in [-0.05, 0) is 19.3 Å². The summed E-state index contributed by atoms with van der Waals surface area (Å²) in [5.74, 6) is -3.66. The Bertz CT molecular complexity index is 164. The topological polar surface area (TPSA) is 20.2 Å². The second kappa shape index (κ2) is 2.16. The molecule has 0 spiro atoms. The van der Waals surface area contributed by atoms with Crippen LogP contribution in [-0.2, 0) is 0 Å². The largest absolute Gasteiger partial charge is 0.389 e. The second-order valence-electron chi connectivity index (χ2n) is 3.77. The number of alkyl halides is 2. The molecular formula is C8H14F2O. The molecular weight excluding hydrogens is 150 g/mol. The summed E-state index contributed by atoms with van der Waals surface area (Å²) < 4.78 is 25.3. The van der Waals surface area contributed by atoms with Gasteiger partial charge in [-0.25, -0.2) is 8.78 Å². The van der Waals surface area contributed by atoms with E-state index >= 15 is 0 Å². The third kappa shape index (κ3) is 1.39. The van der Waals surface area contributed by atoms with Crippen molar-refractivity contribution >= 4 is 0 Å². The molecule has 1 fully saturated rings. The first-order chi connectivity index (χ1) is 4.78. The Balaban J connectivity index is 2.63. The van der Waals surface area contributed by atoms with Crippen LogP contribution in [0, 0.1) is 11.8 Å². The summed E-state index contributed by atoms with van der Waals surface area (Å²) in [5.41, 5.74) is -1.10. The predicted octanol–water partition coefficient (Wildman–Crippen LogP) is 2.05. The Labute approximate surface area is 65.4 Å². The zero-order valence-corrected chi connectivity index (χ0v) is 7.06. The molecule has 0 saturated heterocycles. The van der Waals surface area contributed by atoms with Crippen LogP contribution >= 0.6 is 0 Å². The van der Waals surface area contributed by atoms with E-state index in [2.05, 4.69) is 0 Å². The van der Waals surface area contributed by atoms with Gasteiger partial charge in [0.05, 0.1) is 5.60 Å². The molecule has 0 amide bonds. The molecule has 3 heteroatoms. The quantitative estimate of drug-likeness (QED) is 0.662. The maximum atomic E-state index is 12.7. The number of hydrogen-bond acceptors (Lipinski definition) is 1. The van der Waals surface area contributed by atoms with Crippen LogP contribution in [0.3, 0.4) is 0 Å². The summed E-state index contributed by atoms with van der Waals surface area (Å²) in [6.07, 6.45) is 0.512. The van der Waals surface area contributed by atoms with Gasteiger partial charge in [0.15, 0.2) is 0 Å². The standard InChI is InChI=1S/C8H14F2O/c1-5-4-8(5,11)6(2)7(3,9)10/h5-6,11H,4H2,1-3H3. The highest BCUT2D eigenvalue weighted by atomic mass is 19.3. The third-order valence-electron chi connectivity index (χ3n) is 2.84. The molecule has 0 aromatic heterocycles. The van der Waals surface area contributed by atoms with Crippen molar-refractivity contribution in [3.05, 3.63) is 0 Å². The molecule has 11 heavy (non-hydrogen) atoms. The molecule has 1 rings (SSSR count). The Hall–Kier alpha value is -0.180. The molecule has 1 aliphatic rings. The Kier molecular flexibility index (Phi) is 1.75. The highest BCUT2D eigenvalue weighted by Crippen LogP contribution is 2.52. The molecule has 66 valence electrons. The van der Waals surface area contributed by atoms with Gasteiger partial charge < -0.3 is 5.11 Å². The minimum atomic E-state index is -2.76. The molecule has 1 saturated carbocycles. The number of halogens is 2. The van der Waals surface area contributed by atoms with Crippen LogP contribution in [0.25, 0.3) is 0 Å². The van der Waals surface area contributed by atoms with Crippen LogP contribution in [0.2, 0.25) is 0 Å². The zero-order valence-electron chi connectivity index (χ0n) is 7.06. The van der Waals surface area contributed by atoms with Crippen molar-refractivity contribution in [2.24, 2.45) is 11.8 Å². The highest BCUT2D eigenvalue weighted by molar-refractivity contribution is 5.06. The van der Waals surface area contributed by atoms with Gasteiger partial charge in [0, 0.05) is 5.92 Å². The van der Waals surface area contributed by atoms with Crippen LogP contribution in [-0.4, -0.2) is 16.6 Å². The van der Waals surface area contributed by atoms with E-state index in [0.717, 1.165) is 6.92 Å². The maximum Gasteiger partial charge on any atom is 0.250 e. The normalized spacial score (nSPS) is 40.4. The molecule has 1 aliphatic carbocycles. The van der Waals surface area contributed by atoms with Crippen LogP contribution in [0.4, 0.5) is 8.78 Å². The fourth-order valence-electron chi connectivity index (χ4n) is 1.47. The first-order valence-electron chi connectivity index (χ1n) is 3.88. The molecule has 0 aromatic rings. The summed E-state index contributed by atoms with van der Waals surface area (Å²) in [5, 5.41) is 9.52. The van der Waals surface area contributed by atoms with Crippen LogP contribution in [0.15, 0.2) is 0 Å². The lowest BCUT2D eigenvalue weighted by Gasteiger charge is -2.24. The Morgan fingerprint density at radius 1 is 1.64 bits per heavy atom. The van der Waals surface area contributed by atoms with Crippen molar-refractivity contribution in [3.8, 4) is 0 Å². The average molecular weight is 164 g/mol. The van der Waals surface area contributed by atoms with Crippen molar-refractivity contribution in [1.82, 2.24) is 0 Å². The third-order valence-corrected chi connectivity index (χ3v) is 2.84. The van der Waals surface area contributed by atoms with Crippen molar-refractivity contribution < 1.29 is 13.9 Å². The fourth-order valence-corrected chi connectivity index (χ4v) is 1.47. The molecule has 1 N–H and O–H groups in total. The Morgan fingerprint density at radius 3 is 2.09 bits per heavy atom. The number of hydrogen-bond donors (Lipinski definition) is 1. The SMILES string of the molecule is CC1CC1(O)C(C)C(C)(F)F. The van der Waals surface area contributed by atoms with Crippen LogP contribution in [0.1, 0.15) is 27.2 Å². The zero-order chi connectivity index (χ0) is 8.86. The van der Waals surface area contributed by atoms with Gasteiger partial charge in [0.1, 0.15) is 0 Å². The van der Waals surface area contributed by atoms with Crippen molar-refractivity contribution in [3.63, 3.8) is 0 Å². The van der Waals surface area contributed by atoms with E-state index in [1.807, 2.05) is 0 Å². The van der Waals surface area contributed by atoms with Gasteiger partial charge in [-0.3, -0.25) is 0 Å². The van der Waals surface area contributed by atoms with E-state index in [1.54, 1.807) is 6.92 Å². The lowest BCUT2D eigenvalue weighted by Crippen LogP contribution is -2.35. The smallest absolute Gasteiger partial charge is 0.250 e. The van der Waals surface area contributed by atoms with Gasteiger partial charge in [-0.15, -0.1) is 0 Å². The summed E-state index contributed by atoms with van der Waals surface area (Å²) in [6, 6.07) is 0. The lowest BCUT2D eigenvalue weighted by molar-refractivity contribution is -0.0960. The molecule has 0 aromatic carbocycles. The van der Waals surface area contributed by atoms with E-state index in [9.17, 15) is 13.9 Å². The van der Waals surface area contributed by atoms with E-state index < -0.39 is 17.4 Å². The minimum absolute atomic E-state index is 0.0309. The first-order valence-corrected chi connectivity index (χ1v) is 3.88. The molecule has 0 heterocycles. The van der Waals surface area contributed by atoms with Crippen molar-refractivity contribution in [2.45, 2.75) is 38.7 Å². The Morgan fingerprint density at radius 2 is 2.00 bits per heavy atom. The van der Waals surface area contributed by atoms with Gasteiger partial charge in [0.25, 0.3) is 5.92 Å². The summed E-state index contributed by atoms with van der Waals surface area (Å²) in [4.78, 5) is 0. The van der Waals surface area contributed by atoms with E-state index in [4.69, 9.17) is 0 Å². The van der Waals surface area contributed by atoms with Gasteiger partial charge in [0.2, 0.25) is 0 Å². The highest BCUT2D eigenvalue weighted by Gasteiger charge is 2.59. The van der Waals surface area contributed by atoms with Gasteiger partial charge in [-0.2, -0.15) is 0 Å². The van der Waals surface area contributed by atoms with E-state index in [-0.39, 0.29) is 5.92 Å². The molecule has 0 aliphatic heterocycles. The molecule has 0 bridgehead atoms. The van der Waals surface area contributed by atoms with E-state index in [0.29, 0.717) is 6.42 Å². The molecule has 3 atom stereocenters. The molecule has 0 radical (unpaired) electrons. The van der Waals surface area contributed by atoms with Gasteiger partial charge in [-0.1, -0.05) is 13.8 Å². The van der Waals surface area contributed by atoms with Gasteiger partial charge >= 0.3 is 0 Å². The monoisotopic (exact) mass is 164 g/mol. The molecule has 1 nitrogen and oxygen atoms in total. The van der Waals surface area contributed by atoms with E-state index in [1.165, 1.54) is 6.92 Å². The average Bonchev–Trinajstić information content (AvgIpc) is 2.38. The van der Waals surface area contributed by atoms with Crippen LogP contribution < -0.4 is 0 Å². The summed E-state index contributed by atoms with van der Waals surface area (Å²) in [7, 11) is 0. The van der Waals surface area contributed by atoms with Crippen molar-refractivity contribution in [1.29, 1.82) is 0 Å². The minimum Gasteiger partial charge on any atom is -0.389 e. The fraction of sp³-hybridized carbons (Fsp3) is 1.00. The number of rotatable bonds is 2. The predicted molar refractivity (Wildman–Crippen MR) is 38.5 cm³/mol. The lowest BCUT2D eigenvalue weighted by atomic mass is 9.94. The second-order valence-corrected chi connectivity index (χ2v) is 3.77.